The number of rotatable bonds is 3. The molecular weight excluding hydrogens is 270 g/mol. The fourth-order valence-corrected chi connectivity index (χ4v) is 3.09. The van der Waals surface area contributed by atoms with Crippen LogP contribution in [0, 0.1) is 0 Å². The molecular formula is C14H19N5S. The van der Waals surface area contributed by atoms with Gasteiger partial charge in [0.25, 0.3) is 0 Å². The topological polar surface area (TPSA) is 58.3 Å². The van der Waals surface area contributed by atoms with Gasteiger partial charge in [0.05, 0.1) is 0 Å². The molecule has 1 atom stereocenters. The molecule has 1 aromatic heterocycles. The van der Waals surface area contributed by atoms with E-state index in [1.54, 1.807) is 0 Å². The van der Waals surface area contributed by atoms with E-state index in [2.05, 4.69) is 56.8 Å². The molecule has 1 aromatic carbocycles. The van der Waals surface area contributed by atoms with Gasteiger partial charge in [0.2, 0.25) is 0 Å². The first-order chi connectivity index (χ1) is 9.74. The number of anilines is 1. The van der Waals surface area contributed by atoms with E-state index in [4.69, 9.17) is 5.73 Å². The number of benzene rings is 1. The molecule has 1 unspecified atom stereocenters. The highest BCUT2D eigenvalue weighted by Crippen LogP contribution is 2.27. The summed E-state index contributed by atoms with van der Waals surface area (Å²) < 4.78 is 3.93. The molecule has 2 N–H and O–H groups in total. The number of likely N-dealkylation sites (N-methyl/N-ethyl adjacent to an activating group) is 1. The fraction of sp³-hybridized carbons (Fsp3) is 0.429. The molecule has 6 heteroatoms. The van der Waals surface area contributed by atoms with E-state index in [0.29, 0.717) is 6.04 Å². The minimum atomic E-state index is 0.385. The highest BCUT2D eigenvalue weighted by molar-refractivity contribution is 7.09. The summed E-state index contributed by atoms with van der Waals surface area (Å²) in [6, 6.07) is 11.0. The second-order valence-electron chi connectivity index (χ2n) is 5.24. The van der Waals surface area contributed by atoms with Gasteiger partial charge < -0.3 is 10.6 Å². The molecule has 2 aromatic rings. The van der Waals surface area contributed by atoms with Crippen LogP contribution in [0.25, 0.3) is 0 Å². The van der Waals surface area contributed by atoms with E-state index in [-0.39, 0.29) is 0 Å². The maximum absolute atomic E-state index is 5.93. The average Bonchev–Trinajstić information content (AvgIpc) is 2.87. The predicted molar refractivity (Wildman–Crippen MR) is 81.4 cm³/mol. The van der Waals surface area contributed by atoms with Gasteiger partial charge in [0.15, 0.2) is 0 Å². The molecule has 2 heterocycles. The number of nitrogen functional groups attached to an aromatic ring is 1. The molecule has 1 fully saturated rings. The van der Waals surface area contributed by atoms with E-state index >= 15 is 0 Å². The van der Waals surface area contributed by atoms with Crippen molar-refractivity contribution in [3.63, 3.8) is 0 Å². The third-order valence-corrected chi connectivity index (χ3v) is 4.41. The van der Waals surface area contributed by atoms with E-state index in [0.717, 1.165) is 36.9 Å². The summed E-state index contributed by atoms with van der Waals surface area (Å²) in [6.45, 7) is 3.89. The lowest BCUT2D eigenvalue weighted by Gasteiger charge is -2.40. The Morgan fingerprint density at radius 3 is 2.80 bits per heavy atom. The van der Waals surface area contributed by atoms with Crippen LogP contribution in [0.1, 0.15) is 17.3 Å². The Bertz CT molecular complexity index is 556. The molecule has 1 aliphatic heterocycles. The van der Waals surface area contributed by atoms with Crippen LogP contribution in [0.15, 0.2) is 30.3 Å². The lowest BCUT2D eigenvalue weighted by molar-refractivity contribution is 0.0824. The monoisotopic (exact) mass is 289 g/mol. The second-order valence-corrected chi connectivity index (χ2v) is 6.03. The molecule has 0 bridgehead atoms. The van der Waals surface area contributed by atoms with Crippen LogP contribution in [0.4, 0.5) is 5.00 Å². The van der Waals surface area contributed by atoms with Gasteiger partial charge >= 0.3 is 0 Å². The molecule has 0 amide bonds. The summed E-state index contributed by atoms with van der Waals surface area (Å²) in [5, 5.41) is 4.88. The van der Waals surface area contributed by atoms with Crippen LogP contribution in [0.3, 0.4) is 0 Å². The molecule has 106 valence electrons. The lowest BCUT2D eigenvalue weighted by atomic mass is 10.0. The van der Waals surface area contributed by atoms with Crippen molar-refractivity contribution in [3.05, 3.63) is 41.6 Å². The zero-order valence-corrected chi connectivity index (χ0v) is 12.4. The molecule has 1 aliphatic rings. The second kappa shape index (κ2) is 5.87. The number of nitrogens with two attached hydrogens (primary N) is 1. The largest absolute Gasteiger partial charge is 0.388 e. The maximum Gasteiger partial charge on any atom is 0.132 e. The average molecular weight is 289 g/mol. The zero-order valence-electron chi connectivity index (χ0n) is 11.6. The standard InChI is InChI=1S/C14H19N5S/c1-18-7-8-19(9-12-14(15)20-17-16-12)13(10-18)11-5-3-2-4-6-11/h2-6,13H,7-10,15H2,1H3. The summed E-state index contributed by atoms with van der Waals surface area (Å²) in [5.41, 5.74) is 8.18. The van der Waals surface area contributed by atoms with Gasteiger partial charge in [-0.25, -0.2) is 0 Å². The summed E-state index contributed by atoms with van der Waals surface area (Å²) in [4.78, 5) is 4.82. The molecule has 3 rings (SSSR count). The highest BCUT2D eigenvalue weighted by atomic mass is 32.1. The smallest absolute Gasteiger partial charge is 0.132 e. The van der Waals surface area contributed by atoms with Crippen LogP contribution in [-0.4, -0.2) is 46.1 Å². The summed E-state index contributed by atoms with van der Waals surface area (Å²) in [7, 11) is 2.17. The van der Waals surface area contributed by atoms with E-state index < -0.39 is 0 Å². The normalized spacial score (nSPS) is 21.1. The van der Waals surface area contributed by atoms with Gasteiger partial charge in [-0.05, 0) is 12.6 Å². The van der Waals surface area contributed by atoms with Crippen molar-refractivity contribution in [2.45, 2.75) is 12.6 Å². The Balaban J connectivity index is 1.82. The molecule has 0 radical (unpaired) electrons. The first-order valence-corrected chi connectivity index (χ1v) is 7.55. The minimum Gasteiger partial charge on any atom is -0.388 e. The highest BCUT2D eigenvalue weighted by Gasteiger charge is 2.27. The van der Waals surface area contributed by atoms with Crippen LogP contribution in [-0.2, 0) is 6.54 Å². The minimum absolute atomic E-state index is 0.385. The SMILES string of the molecule is CN1CCN(Cc2nnsc2N)C(c2ccccc2)C1. The van der Waals surface area contributed by atoms with Crippen molar-refractivity contribution in [1.82, 2.24) is 19.4 Å². The van der Waals surface area contributed by atoms with Crippen molar-refractivity contribution in [1.29, 1.82) is 0 Å². The third kappa shape index (κ3) is 2.82. The molecule has 0 aliphatic carbocycles. The Kier molecular flexibility index (Phi) is 3.95. The van der Waals surface area contributed by atoms with Gasteiger partial charge in [0.1, 0.15) is 10.7 Å². The predicted octanol–water partition coefficient (Wildman–Crippen LogP) is 1.61. The Morgan fingerprint density at radius 2 is 2.10 bits per heavy atom. The van der Waals surface area contributed by atoms with Crippen LogP contribution < -0.4 is 5.73 Å². The van der Waals surface area contributed by atoms with Crippen LogP contribution in [0.2, 0.25) is 0 Å². The first kappa shape index (κ1) is 13.5. The summed E-state index contributed by atoms with van der Waals surface area (Å²) in [6.07, 6.45) is 0. The Hall–Kier alpha value is -1.50. The fourth-order valence-electron chi connectivity index (χ4n) is 2.66. The molecule has 0 spiro atoms. The molecule has 0 saturated carbocycles. The van der Waals surface area contributed by atoms with E-state index in [1.165, 1.54) is 17.1 Å². The number of nitrogens with zero attached hydrogens (tertiary/aromatic N) is 4. The summed E-state index contributed by atoms with van der Waals surface area (Å²) in [5.74, 6) is 0. The van der Waals surface area contributed by atoms with Gasteiger partial charge in [-0.1, -0.05) is 34.8 Å². The van der Waals surface area contributed by atoms with Crippen molar-refractivity contribution in [2.24, 2.45) is 0 Å². The summed E-state index contributed by atoms with van der Waals surface area (Å²) >= 11 is 1.27. The molecule has 5 nitrogen and oxygen atoms in total. The van der Waals surface area contributed by atoms with Crippen LogP contribution in [0.5, 0.6) is 0 Å². The van der Waals surface area contributed by atoms with E-state index in [9.17, 15) is 0 Å². The molecule has 20 heavy (non-hydrogen) atoms. The number of hydrogen-bond donors (Lipinski definition) is 1. The zero-order chi connectivity index (χ0) is 13.9. The Labute approximate surface area is 123 Å². The maximum atomic E-state index is 5.93. The van der Waals surface area contributed by atoms with Crippen molar-refractivity contribution in [2.75, 3.05) is 32.4 Å². The van der Waals surface area contributed by atoms with E-state index in [1.807, 2.05) is 0 Å². The van der Waals surface area contributed by atoms with Crippen molar-refractivity contribution in [3.8, 4) is 0 Å². The van der Waals surface area contributed by atoms with Gasteiger partial charge in [-0.3, -0.25) is 4.90 Å². The third-order valence-electron chi connectivity index (χ3n) is 3.82. The van der Waals surface area contributed by atoms with Crippen molar-refractivity contribution < 1.29 is 0 Å². The quantitative estimate of drug-likeness (QED) is 0.930. The van der Waals surface area contributed by atoms with Gasteiger partial charge in [-0.15, -0.1) is 5.10 Å². The number of piperazine rings is 1. The van der Waals surface area contributed by atoms with Gasteiger partial charge in [0, 0.05) is 43.8 Å². The Morgan fingerprint density at radius 1 is 1.30 bits per heavy atom. The molecule has 1 saturated heterocycles. The van der Waals surface area contributed by atoms with Crippen molar-refractivity contribution >= 4 is 16.5 Å². The van der Waals surface area contributed by atoms with Crippen LogP contribution >= 0.6 is 11.5 Å². The first-order valence-electron chi connectivity index (χ1n) is 6.78. The number of aromatic nitrogens is 2. The van der Waals surface area contributed by atoms with Gasteiger partial charge in [-0.2, -0.15) is 0 Å². The lowest BCUT2D eigenvalue weighted by Crippen LogP contribution is -2.46. The number of hydrogen-bond acceptors (Lipinski definition) is 6.